The first-order valence-electron chi connectivity index (χ1n) is 5.64. The Balaban J connectivity index is 2.16. The van der Waals surface area contributed by atoms with Gasteiger partial charge in [0.1, 0.15) is 12.4 Å². The number of carbonyl (C=O) groups excluding carboxylic acids is 1. The maximum absolute atomic E-state index is 11.2. The molecule has 18 heavy (non-hydrogen) atoms. The highest BCUT2D eigenvalue weighted by molar-refractivity contribution is 6.68. The smallest absolute Gasteiger partial charge is 0.256 e. The van der Waals surface area contributed by atoms with Gasteiger partial charge in [0, 0.05) is 0 Å². The number of hydrogen-bond acceptors (Lipinski definition) is 2. The van der Waals surface area contributed by atoms with Gasteiger partial charge in [-0.15, -0.1) is 0 Å². The number of carbonyl (C=O) groups is 1. The van der Waals surface area contributed by atoms with Crippen LogP contribution in [-0.4, -0.2) is 5.24 Å². The van der Waals surface area contributed by atoms with E-state index in [1.165, 1.54) is 0 Å². The zero-order valence-electron chi connectivity index (χ0n) is 10.0. The predicted molar refractivity (Wildman–Crippen MR) is 72.1 cm³/mol. The van der Waals surface area contributed by atoms with Crippen LogP contribution in [0.4, 0.5) is 0 Å². The minimum Gasteiger partial charge on any atom is -0.488 e. The first-order valence-corrected chi connectivity index (χ1v) is 6.02. The third-order valence-electron chi connectivity index (χ3n) is 2.74. The summed E-state index contributed by atoms with van der Waals surface area (Å²) in [5, 5.41) is -0.504. The Morgan fingerprint density at radius 2 is 1.78 bits per heavy atom. The molecule has 0 aliphatic rings. The van der Waals surface area contributed by atoms with E-state index < -0.39 is 5.24 Å². The van der Waals surface area contributed by atoms with E-state index in [2.05, 4.69) is 0 Å². The lowest BCUT2D eigenvalue weighted by atomic mass is 10.1. The molecule has 3 heteroatoms. The van der Waals surface area contributed by atoms with E-state index in [0.29, 0.717) is 17.9 Å². The predicted octanol–water partition coefficient (Wildman–Crippen LogP) is 3.95. The van der Waals surface area contributed by atoms with Gasteiger partial charge < -0.3 is 4.74 Å². The highest BCUT2D eigenvalue weighted by Crippen LogP contribution is 2.21. The van der Waals surface area contributed by atoms with Crippen molar-refractivity contribution in [1.29, 1.82) is 0 Å². The van der Waals surface area contributed by atoms with E-state index >= 15 is 0 Å². The Bertz CT molecular complexity index is 564. The standard InChI is InChI=1S/C15H13ClO2/c1-11-6-2-3-7-12(11)10-18-14-9-5-4-8-13(14)15(16)17/h2-9H,10H2,1H3. The van der Waals surface area contributed by atoms with Crippen LogP contribution in [0.1, 0.15) is 21.5 Å². The summed E-state index contributed by atoms with van der Waals surface area (Å²) >= 11 is 5.50. The number of halogens is 1. The lowest BCUT2D eigenvalue weighted by Gasteiger charge is -2.10. The SMILES string of the molecule is Cc1ccccc1COc1ccccc1C(=O)Cl. The molecule has 2 aromatic carbocycles. The van der Waals surface area contributed by atoms with Crippen molar-refractivity contribution in [2.45, 2.75) is 13.5 Å². The van der Waals surface area contributed by atoms with Crippen molar-refractivity contribution in [1.82, 2.24) is 0 Å². The van der Waals surface area contributed by atoms with Crippen LogP contribution in [-0.2, 0) is 6.61 Å². The van der Waals surface area contributed by atoms with Gasteiger partial charge in [-0.25, -0.2) is 0 Å². The Hall–Kier alpha value is -1.80. The number of aryl methyl sites for hydroxylation is 1. The van der Waals surface area contributed by atoms with Crippen molar-refractivity contribution in [2.75, 3.05) is 0 Å². The van der Waals surface area contributed by atoms with Gasteiger partial charge >= 0.3 is 0 Å². The molecule has 2 aromatic rings. The molecule has 0 fully saturated rings. The van der Waals surface area contributed by atoms with Gasteiger partial charge in [0.05, 0.1) is 5.56 Å². The summed E-state index contributed by atoms with van der Waals surface area (Å²) in [5.74, 6) is 0.515. The fourth-order valence-electron chi connectivity index (χ4n) is 1.68. The Morgan fingerprint density at radius 1 is 1.11 bits per heavy atom. The monoisotopic (exact) mass is 260 g/mol. The number of ether oxygens (including phenoxy) is 1. The molecular weight excluding hydrogens is 248 g/mol. The van der Waals surface area contributed by atoms with E-state index in [-0.39, 0.29) is 0 Å². The lowest BCUT2D eigenvalue weighted by Crippen LogP contribution is -2.01. The zero-order valence-corrected chi connectivity index (χ0v) is 10.8. The fraction of sp³-hybridized carbons (Fsp3) is 0.133. The summed E-state index contributed by atoms with van der Waals surface area (Å²) in [6.45, 7) is 2.45. The second kappa shape index (κ2) is 5.69. The number of benzene rings is 2. The number of para-hydroxylation sites is 1. The van der Waals surface area contributed by atoms with Gasteiger partial charge in [-0.05, 0) is 41.8 Å². The molecule has 0 heterocycles. The fourth-order valence-corrected chi connectivity index (χ4v) is 1.84. The molecule has 0 radical (unpaired) electrons. The Labute approximate surface area is 111 Å². The highest BCUT2D eigenvalue weighted by Gasteiger charge is 2.09. The van der Waals surface area contributed by atoms with Crippen LogP contribution in [0.5, 0.6) is 5.75 Å². The molecule has 0 spiro atoms. The molecule has 0 saturated carbocycles. The Morgan fingerprint density at radius 3 is 2.50 bits per heavy atom. The van der Waals surface area contributed by atoms with Crippen LogP contribution in [0.2, 0.25) is 0 Å². The lowest BCUT2D eigenvalue weighted by molar-refractivity contribution is 0.107. The number of rotatable bonds is 4. The maximum atomic E-state index is 11.2. The maximum Gasteiger partial charge on any atom is 0.256 e. The van der Waals surface area contributed by atoms with Crippen LogP contribution in [0.25, 0.3) is 0 Å². The van der Waals surface area contributed by atoms with Gasteiger partial charge in [-0.1, -0.05) is 36.4 Å². The second-order valence-electron chi connectivity index (χ2n) is 3.99. The highest BCUT2D eigenvalue weighted by atomic mass is 35.5. The van der Waals surface area contributed by atoms with Gasteiger partial charge in [-0.2, -0.15) is 0 Å². The zero-order chi connectivity index (χ0) is 13.0. The average Bonchev–Trinajstić information content (AvgIpc) is 2.38. The summed E-state index contributed by atoms with van der Waals surface area (Å²) in [7, 11) is 0. The van der Waals surface area contributed by atoms with E-state index in [1.807, 2.05) is 37.3 Å². The van der Waals surface area contributed by atoms with Gasteiger partial charge in [0.15, 0.2) is 0 Å². The molecule has 0 amide bonds. The molecule has 0 aromatic heterocycles. The topological polar surface area (TPSA) is 26.3 Å². The third kappa shape index (κ3) is 2.90. The van der Waals surface area contributed by atoms with Gasteiger partial charge in [0.2, 0.25) is 0 Å². The van der Waals surface area contributed by atoms with E-state index in [9.17, 15) is 4.79 Å². The molecule has 0 unspecified atom stereocenters. The van der Waals surface area contributed by atoms with Crippen molar-refractivity contribution in [3.05, 3.63) is 65.2 Å². The molecule has 0 saturated heterocycles. The summed E-state index contributed by atoms with van der Waals surface area (Å²) < 4.78 is 5.66. The van der Waals surface area contributed by atoms with Crippen molar-refractivity contribution in [2.24, 2.45) is 0 Å². The first kappa shape index (κ1) is 12.7. The molecule has 2 rings (SSSR count). The largest absolute Gasteiger partial charge is 0.488 e. The van der Waals surface area contributed by atoms with Crippen molar-refractivity contribution in [3.8, 4) is 5.75 Å². The third-order valence-corrected chi connectivity index (χ3v) is 2.95. The van der Waals surface area contributed by atoms with Crippen LogP contribution >= 0.6 is 11.6 Å². The quantitative estimate of drug-likeness (QED) is 0.778. The van der Waals surface area contributed by atoms with Crippen molar-refractivity contribution >= 4 is 16.8 Å². The van der Waals surface area contributed by atoms with E-state index in [1.54, 1.807) is 18.2 Å². The molecule has 0 aliphatic heterocycles. The average molecular weight is 261 g/mol. The normalized spacial score (nSPS) is 10.1. The molecular formula is C15H13ClO2. The molecule has 2 nitrogen and oxygen atoms in total. The summed E-state index contributed by atoms with van der Waals surface area (Å²) in [4.78, 5) is 11.2. The molecule has 0 atom stereocenters. The molecule has 0 aliphatic carbocycles. The second-order valence-corrected chi connectivity index (χ2v) is 4.33. The molecule has 0 bridgehead atoms. The number of hydrogen-bond donors (Lipinski definition) is 0. The van der Waals surface area contributed by atoms with Crippen LogP contribution in [0, 0.1) is 6.92 Å². The van der Waals surface area contributed by atoms with Crippen molar-refractivity contribution in [3.63, 3.8) is 0 Å². The van der Waals surface area contributed by atoms with Crippen LogP contribution in [0.3, 0.4) is 0 Å². The van der Waals surface area contributed by atoms with Gasteiger partial charge in [0.25, 0.3) is 5.24 Å². The molecule has 92 valence electrons. The summed E-state index contributed by atoms with van der Waals surface area (Å²) in [6, 6.07) is 14.9. The van der Waals surface area contributed by atoms with Crippen LogP contribution < -0.4 is 4.74 Å². The summed E-state index contributed by atoms with van der Waals surface area (Å²) in [6.07, 6.45) is 0. The molecule has 0 N–H and O–H groups in total. The van der Waals surface area contributed by atoms with E-state index in [4.69, 9.17) is 16.3 Å². The van der Waals surface area contributed by atoms with E-state index in [0.717, 1.165) is 11.1 Å². The van der Waals surface area contributed by atoms with Crippen LogP contribution in [0.15, 0.2) is 48.5 Å². The Kier molecular flexibility index (Phi) is 4.00. The van der Waals surface area contributed by atoms with Gasteiger partial charge in [-0.3, -0.25) is 4.79 Å². The minimum absolute atomic E-state index is 0.396. The summed E-state index contributed by atoms with van der Waals surface area (Å²) in [5.41, 5.74) is 2.65. The first-order chi connectivity index (χ1) is 8.68. The minimum atomic E-state index is -0.504. The van der Waals surface area contributed by atoms with Crippen molar-refractivity contribution < 1.29 is 9.53 Å².